The zero-order valence-corrected chi connectivity index (χ0v) is 10.4. The Labute approximate surface area is 107 Å². The van der Waals surface area contributed by atoms with E-state index in [0.29, 0.717) is 21.5 Å². The monoisotopic (exact) mass is 291 g/mol. The molecule has 2 rings (SSSR count). The van der Waals surface area contributed by atoms with Crippen molar-refractivity contribution in [2.75, 3.05) is 11.1 Å². The first-order valence-corrected chi connectivity index (χ1v) is 5.73. The Morgan fingerprint density at radius 2 is 1.94 bits per heavy atom. The fourth-order valence-corrected chi connectivity index (χ4v) is 1.74. The second-order valence-corrected chi connectivity index (χ2v) is 4.26. The lowest BCUT2D eigenvalue weighted by atomic mass is 10.2. The van der Waals surface area contributed by atoms with Gasteiger partial charge in [-0.3, -0.25) is 4.79 Å². The molecule has 0 bridgehead atoms. The van der Waals surface area contributed by atoms with Crippen LogP contribution in [0.4, 0.5) is 11.4 Å². The van der Waals surface area contributed by atoms with Crippen molar-refractivity contribution >= 4 is 33.2 Å². The van der Waals surface area contributed by atoms with E-state index in [-0.39, 0.29) is 5.91 Å². The van der Waals surface area contributed by atoms with Crippen molar-refractivity contribution in [3.63, 3.8) is 0 Å². The van der Waals surface area contributed by atoms with Crippen LogP contribution in [0.15, 0.2) is 47.1 Å². The molecule has 0 aliphatic carbocycles. The number of hydrogen-bond acceptors (Lipinski definition) is 3. The van der Waals surface area contributed by atoms with Gasteiger partial charge in [-0.25, -0.2) is 4.98 Å². The fourth-order valence-electron chi connectivity index (χ4n) is 1.31. The zero-order chi connectivity index (χ0) is 12.3. The largest absolute Gasteiger partial charge is 0.399 e. The minimum Gasteiger partial charge on any atom is -0.399 e. The van der Waals surface area contributed by atoms with Crippen molar-refractivity contribution in [3.8, 4) is 0 Å². The van der Waals surface area contributed by atoms with Gasteiger partial charge in [0, 0.05) is 22.0 Å². The van der Waals surface area contributed by atoms with E-state index in [1.165, 1.54) is 0 Å². The summed E-state index contributed by atoms with van der Waals surface area (Å²) < 4.78 is 0.660. The lowest BCUT2D eigenvalue weighted by molar-refractivity contribution is 0.102. The van der Waals surface area contributed by atoms with Crippen LogP contribution in [0.25, 0.3) is 0 Å². The quantitative estimate of drug-likeness (QED) is 0.836. The topological polar surface area (TPSA) is 68.0 Å². The standard InChI is InChI=1S/C12H10BrN3O/c13-10-2-1-7-15-11(10)12(17)16-9-5-3-8(14)4-6-9/h1-7H,14H2,(H,16,17). The second kappa shape index (κ2) is 4.97. The maximum atomic E-state index is 11.9. The van der Waals surface area contributed by atoms with Crippen LogP contribution in [0.1, 0.15) is 10.5 Å². The zero-order valence-electron chi connectivity index (χ0n) is 8.85. The molecule has 17 heavy (non-hydrogen) atoms. The molecule has 0 aliphatic heterocycles. The van der Waals surface area contributed by atoms with Crippen molar-refractivity contribution in [2.24, 2.45) is 0 Å². The van der Waals surface area contributed by atoms with Crippen LogP contribution in [0.3, 0.4) is 0 Å². The summed E-state index contributed by atoms with van der Waals surface area (Å²) in [5.41, 5.74) is 7.25. The van der Waals surface area contributed by atoms with E-state index in [1.807, 2.05) is 0 Å². The summed E-state index contributed by atoms with van der Waals surface area (Å²) in [7, 11) is 0. The minimum atomic E-state index is -0.262. The predicted molar refractivity (Wildman–Crippen MR) is 70.7 cm³/mol. The highest BCUT2D eigenvalue weighted by atomic mass is 79.9. The number of amides is 1. The smallest absolute Gasteiger partial charge is 0.275 e. The van der Waals surface area contributed by atoms with E-state index in [9.17, 15) is 4.79 Å². The third kappa shape index (κ3) is 2.82. The number of halogens is 1. The van der Waals surface area contributed by atoms with Gasteiger partial charge in [0.2, 0.25) is 0 Å². The van der Waals surface area contributed by atoms with Gasteiger partial charge in [0.15, 0.2) is 0 Å². The molecule has 2 aromatic rings. The SMILES string of the molecule is Nc1ccc(NC(=O)c2ncccc2Br)cc1. The summed E-state index contributed by atoms with van der Waals surface area (Å²) in [5, 5.41) is 2.74. The van der Waals surface area contributed by atoms with Gasteiger partial charge in [0.05, 0.1) is 0 Å². The number of nitrogen functional groups attached to an aromatic ring is 1. The Bertz CT molecular complexity index is 540. The average molecular weight is 292 g/mol. The molecule has 0 unspecified atom stereocenters. The highest BCUT2D eigenvalue weighted by Gasteiger charge is 2.10. The summed E-state index contributed by atoms with van der Waals surface area (Å²) >= 11 is 3.28. The molecular formula is C12H10BrN3O. The van der Waals surface area contributed by atoms with Gasteiger partial charge in [-0.2, -0.15) is 0 Å². The molecule has 0 aliphatic rings. The number of nitrogens with one attached hydrogen (secondary N) is 1. The first-order chi connectivity index (χ1) is 8.16. The molecule has 1 aromatic heterocycles. The summed E-state index contributed by atoms with van der Waals surface area (Å²) in [6.45, 7) is 0. The summed E-state index contributed by atoms with van der Waals surface area (Å²) in [4.78, 5) is 15.9. The number of pyridine rings is 1. The highest BCUT2D eigenvalue weighted by molar-refractivity contribution is 9.10. The first-order valence-electron chi connectivity index (χ1n) is 4.94. The average Bonchev–Trinajstić information content (AvgIpc) is 2.32. The van der Waals surface area contributed by atoms with Crippen molar-refractivity contribution in [1.29, 1.82) is 0 Å². The van der Waals surface area contributed by atoms with E-state index < -0.39 is 0 Å². The second-order valence-electron chi connectivity index (χ2n) is 3.41. The first kappa shape index (κ1) is 11.6. The summed E-state index contributed by atoms with van der Waals surface area (Å²) in [6.07, 6.45) is 1.57. The number of rotatable bonds is 2. The number of nitrogens with two attached hydrogens (primary N) is 1. The van der Waals surface area contributed by atoms with Crippen molar-refractivity contribution in [1.82, 2.24) is 4.98 Å². The molecule has 3 N–H and O–H groups in total. The summed E-state index contributed by atoms with van der Waals surface area (Å²) in [6, 6.07) is 10.5. The number of hydrogen-bond donors (Lipinski definition) is 2. The van der Waals surface area contributed by atoms with Crippen LogP contribution in [0, 0.1) is 0 Å². The number of anilines is 2. The number of aromatic nitrogens is 1. The Morgan fingerprint density at radius 3 is 2.59 bits per heavy atom. The van der Waals surface area contributed by atoms with E-state index in [2.05, 4.69) is 26.2 Å². The lowest BCUT2D eigenvalue weighted by Crippen LogP contribution is -2.14. The van der Waals surface area contributed by atoms with E-state index in [4.69, 9.17) is 5.73 Å². The van der Waals surface area contributed by atoms with Crippen molar-refractivity contribution in [2.45, 2.75) is 0 Å². The van der Waals surface area contributed by atoms with E-state index in [0.717, 1.165) is 0 Å². The molecule has 0 radical (unpaired) electrons. The fraction of sp³-hybridized carbons (Fsp3) is 0. The third-order valence-corrected chi connectivity index (χ3v) is 2.78. The van der Waals surface area contributed by atoms with Crippen LogP contribution >= 0.6 is 15.9 Å². The number of carbonyl (C=O) groups excluding carboxylic acids is 1. The molecule has 4 nitrogen and oxygen atoms in total. The molecule has 0 saturated heterocycles. The maximum absolute atomic E-state index is 11.9. The van der Waals surface area contributed by atoms with Crippen LogP contribution < -0.4 is 11.1 Å². The third-order valence-electron chi connectivity index (χ3n) is 2.14. The van der Waals surface area contributed by atoms with Gasteiger partial charge >= 0.3 is 0 Å². The van der Waals surface area contributed by atoms with Crippen LogP contribution in [-0.4, -0.2) is 10.9 Å². The normalized spacial score (nSPS) is 9.94. The molecule has 0 fully saturated rings. The van der Waals surface area contributed by atoms with Gasteiger partial charge in [-0.15, -0.1) is 0 Å². The Balaban J connectivity index is 2.17. The summed E-state index contributed by atoms with van der Waals surface area (Å²) in [5.74, 6) is -0.262. The molecule has 0 atom stereocenters. The Morgan fingerprint density at radius 1 is 1.24 bits per heavy atom. The van der Waals surface area contributed by atoms with E-state index in [1.54, 1.807) is 42.6 Å². The molecule has 86 valence electrons. The van der Waals surface area contributed by atoms with Crippen LogP contribution in [0.5, 0.6) is 0 Å². The van der Waals surface area contributed by atoms with E-state index >= 15 is 0 Å². The Kier molecular flexibility index (Phi) is 3.39. The lowest BCUT2D eigenvalue weighted by Gasteiger charge is -2.05. The minimum absolute atomic E-state index is 0.262. The number of carbonyl (C=O) groups is 1. The molecule has 0 spiro atoms. The molecule has 5 heteroatoms. The van der Waals surface area contributed by atoms with Gasteiger partial charge in [0.25, 0.3) is 5.91 Å². The molecule has 0 saturated carbocycles. The number of nitrogens with zero attached hydrogens (tertiary/aromatic N) is 1. The Hall–Kier alpha value is -1.88. The van der Waals surface area contributed by atoms with Gasteiger partial charge < -0.3 is 11.1 Å². The highest BCUT2D eigenvalue weighted by Crippen LogP contribution is 2.16. The maximum Gasteiger partial charge on any atom is 0.275 e. The van der Waals surface area contributed by atoms with Crippen LogP contribution in [0.2, 0.25) is 0 Å². The molecule has 1 amide bonds. The van der Waals surface area contributed by atoms with Gasteiger partial charge in [0.1, 0.15) is 5.69 Å². The van der Waals surface area contributed by atoms with Crippen LogP contribution in [-0.2, 0) is 0 Å². The van der Waals surface area contributed by atoms with Gasteiger partial charge in [-0.05, 0) is 52.3 Å². The van der Waals surface area contributed by atoms with Gasteiger partial charge in [-0.1, -0.05) is 0 Å². The van der Waals surface area contributed by atoms with Crippen molar-refractivity contribution < 1.29 is 4.79 Å². The number of benzene rings is 1. The predicted octanol–water partition coefficient (Wildman–Crippen LogP) is 2.68. The molecular weight excluding hydrogens is 282 g/mol. The van der Waals surface area contributed by atoms with Crippen molar-refractivity contribution in [3.05, 3.63) is 52.8 Å². The molecule has 1 aromatic carbocycles. The molecule has 1 heterocycles.